The summed E-state index contributed by atoms with van der Waals surface area (Å²) in [6.07, 6.45) is 3.42. The second-order valence-corrected chi connectivity index (χ2v) is 9.78. The van der Waals surface area contributed by atoms with Gasteiger partial charge in [0, 0.05) is 11.8 Å². The van der Waals surface area contributed by atoms with Crippen LogP contribution in [0.1, 0.15) is 42.9 Å². The first-order valence-corrected chi connectivity index (χ1v) is 11.5. The fourth-order valence-corrected chi connectivity index (χ4v) is 6.25. The third-order valence-electron chi connectivity index (χ3n) is 8.17. The van der Waals surface area contributed by atoms with Crippen LogP contribution in [-0.4, -0.2) is 0 Å². The smallest absolute Gasteiger partial charge is 0.0132 e. The lowest BCUT2D eigenvalue weighted by molar-refractivity contribution is 0.235. The number of hydrogen-bond donors (Lipinski definition) is 0. The van der Waals surface area contributed by atoms with Crippen molar-refractivity contribution in [3.05, 3.63) is 125 Å². The van der Waals surface area contributed by atoms with Crippen LogP contribution in [0.5, 0.6) is 0 Å². The highest BCUT2D eigenvalue weighted by Crippen LogP contribution is 2.61. The molecule has 156 valence electrons. The van der Waals surface area contributed by atoms with Crippen LogP contribution in [0.2, 0.25) is 0 Å². The molecule has 3 aliphatic rings. The Balaban J connectivity index is 1.65. The maximum atomic E-state index is 4.69. The van der Waals surface area contributed by atoms with Crippen LogP contribution in [0.3, 0.4) is 0 Å². The molecule has 0 radical (unpaired) electrons. The average Bonchev–Trinajstić information content (AvgIpc) is 3.23. The molecule has 0 aromatic heterocycles. The molecule has 0 heterocycles. The van der Waals surface area contributed by atoms with E-state index in [1.54, 1.807) is 0 Å². The first-order valence-electron chi connectivity index (χ1n) is 11.5. The monoisotopic (exact) mass is 404 g/mol. The van der Waals surface area contributed by atoms with E-state index in [4.69, 9.17) is 0 Å². The van der Waals surface area contributed by atoms with E-state index in [-0.39, 0.29) is 0 Å². The van der Waals surface area contributed by atoms with Gasteiger partial charge >= 0.3 is 0 Å². The second-order valence-electron chi connectivity index (χ2n) is 9.78. The van der Waals surface area contributed by atoms with Crippen LogP contribution in [0, 0.1) is 30.6 Å². The van der Waals surface area contributed by atoms with Gasteiger partial charge in [-0.05, 0) is 58.9 Å². The van der Waals surface area contributed by atoms with Crippen LogP contribution in [0.4, 0.5) is 0 Å². The van der Waals surface area contributed by atoms with E-state index in [2.05, 4.69) is 101 Å². The maximum Gasteiger partial charge on any atom is 0.0132 e. The van der Waals surface area contributed by atoms with Crippen LogP contribution in [-0.2, 0) is 0 Å². The highest BCUT2D eigenvalue weighted by Gasteiger charge is 2.50. The summed E-state index contributed by atoms with van der Waals surface area (Å²) in [5.41, 5.74) is 12.3. The molecular formula is C31H32. The lowest BCUT2D eigenvalue weighted by atomic mass is 9.53. The minimum atomic E-state index is 0.301. The minimum absolute atomic E-state index is 0.301. The van der Waals surface area contributed by atoms with Gasteiger partial charge in [-0.25, -0.2) is 0 Å². The number of aryl methyl sites for hydroxylation is 1. The predicted octanol–water partition coefficient (Wildman–Crippen LogP) is 8.06. The maximum absolute atomic E-state index is 4.69. The highest BCUT2D eigenvalue weighted by atomic mass is 14.5. The zero-order valence-electron chi connectivity index (χ0n) is 19.0. The molecule has 1 fully saturated rings. The Morgan fingerprint density at radius 3 is 2.16 bits per heavy atom. The van der Waals surface area contributed by atoms with Gasteiger partial charge < -0.3 is 0 Å². The van der Waals surface area contributed by atoms with E-state index < -0.39 is 0 Å². The van der Waals surface area contributed by atoms with Gasteiger partial charge in [0.2, 0.25) is 0 Å². The molecule has 3 aliphatic carbocycles. The van der Waals surface area contributed by atoms with E-state index >= 15 is 0 Å². The third kappa shape index (κ3) is 3.04. The van der Waals surface area contributed by atoms with Crippen LogP contribution < -0.4 is 0 Å². The average molecular weight is 405 g/mol. The molecule has 5 unspecified atom stereocenters. The van der Waals surface area contributed by atoms with Crippen molar-refractivity contribution in [1.82, 2.24) is 0 Å². The number of fused-ring (bicyclic) bond motifs is 2. The summed E-state index contributed by atoms with van der Waals surface area (Å²) in [6.45, 7) is 20.7. The van der Waals surface area contributed by atoms with Crippen molar-refractivity contribution >= 4 is 5.57 Å². The van der Waals surface area contributed by atoms with Gasteiger partial charge in [0.15, 0.2) is 0 Å². The molecule has 0 amide bonds. The Bertz CT molecular complexity index is 1140. The van der Waals surface area contributed by atoms with Crippen molar-refractivity contribution in [2.45, 2.75) is 33.1 Å². The van der Waals surface area contributed by atoms with Crippen molar-refractivity contribution < 1.29 is 0 Å². The topological polar surface area (TPSA) is 0 Å². The number of rotatable bonds is 2. The van der Waals surface area contributed by atoms with Crippen molar-refractivity contribution in [3.8, 4) is 0 Å². The molecule has 0 N–H and O–H groups in total. The van der Waals surface area contributed by atoms with E-state index in [0.717, 1.165) is 6.42 Å². The van der Waals surface area contributed by atoms with Gasteiger partial charge in [-0.1, -0.05) is 117 Å². The standard InChI is InChI=1S/C31H32/c1-18-12-14-24(15-13-18)26-16-27-23(6)29(25-10-8-7-9-11-25)31-22(5)20(3)19(2)21(4)30(31)28(27)17-26/h7-16,19,22,29-31H,3-4,6,17H2,1-2,5H3. The van der Waals surface area contributed by atoms with E-state index in [1.807, 2.05) is 0 Å². The quantitative estimate of drug-likeness (QED) is 0.444. The van der Waals surface area contributed by atoms with Gasteiger partial charge in [-0.2, -0.15) is 0 Å². The molecule has 0 saturated heterocycles. The molecular weight excluding hydrogens is 372 g/mol. The lowest BCUT2D eigenvalue weighted by Gasteiger charge is -2.51. The Morgan fingerprint density at radius 2 is 1.48 bits per heavy atom. The molecule has 5 atom stereocenters. The Kier molecular flexibility index (Phi) is 4.77. The van der Waals surface area contributed by atoms with Gasteiger partial charge in [-0.15, -0.1) is 0 Å². The summed E-state index contributed by atoms with van der Waals surface area (Å²) in [5, 5.41) is 0. The molecule has 5 rings (SSSR count). The third-order valence-corrected chi connectivity index (χ3v) is 8.17. The predicted molar refractivity (Wildman–Crippen MR) is 133 cm³/mol. The Labute approximate surface area is 187 Å². The number of allylic oxidation sites excluding steroid dienone is 7. The SMILES string of the molecule is C=C1C(C)C(=C)C2C3=C(C=C(c4ccc(C)cc4)C3)C(=C)C(c3ccccc3)C2C1C. The van der Waals surface area contributed by atoms with Crippen molar-refractivity contribution in [2.75, 3.05) is 0 Å². The molecule has 0 spiro atoms. The molecule has 31 heavy (non-hydrogen) atoms. The molecule has 0 nitrogen and oxygen atoms in total. The van der Waals surface area contributed by atoms with Crippen molar-refractivity contribution in [2.24, 2.45) is 23.7 Å². The zero-order valence-corrected chi connectivity index (χ0v) is 19.0. The summed E-state index contributed by atoms with van der Waals surface area (Å²) >= 11 is 0. The lowest BCUT2D eigenvalue weighted by Crippen LogP contribution is -2.41. The van der Waals surface area contributed by atoms with Crippen molar-refractivity contribution in [1.29, 1.82) is 0 Å². The second kappa shape index (κ2) is 7.38. The van der Waals surface area contributed by atoms with Crippen LogP contribution >= 0.6 is 0 Å². The van der Waals surface area contributed by atoms with Gasteiger partial charge in [0.05, 0.1) is 0 Å². The Morgan fingerprint density at radius 1 is 0.806 bits per heavy atom. The number of benzene rings is 2. The van der Waals surface area contributed by atoms with Crippen molar-refractivity contribution in [3.63, 3.8) is 0 Å². The van der Waals surface area contributed by atoms with E-state index in [1.165, 1.54) is 50.1 Å². The molecule has 2 aromatic carbocycles. The number of hydrogen-bond acceptors (Lipinski definition) is 0. The molecule has 1 saturated carbocycles. The normalized spacial score (nSPS) is 30.2. The minimum Gasteiger partial charge on any atom is -0.0990 e. The molecule has 0 heteroatoms. The fraction of sp³-hybridized carbons (Fsp3) is 0.290. The Hall–Kier alpha value is -2.86. The van der Waals surface area contributed by atoms with Crippen LogP contribution in [0.25, 0.3) is 5.57 Å². The summed E-state index contributed by atoms with van der Waals surface area (Å²) in [5.74, 6) is 1.92. The summed E-state index contributed by atoms with van der Waals surface area (Å²) < 4.78 is 0. The van der Waals surface area contributed by atoms with E-state index in [0.29, 0.717) is 29.6 Å². The fourth-order valence-electron chi connectivity index (χ4n) is 6.25. The van der Waals surface area contributed by atoms with Gasteiger partial charge in [0.25, 0.3) is 0 Å². The first-order chi connectivity index (χ1) is 14.9. The van der Waals surface area contributed by atoms with Gasteiger partial charge in [-0.3, -0.25) is 0 Å². The zero-order chi connectivity index (χ0) is 21.9. The summed E-state index contributed by atoms with van der Waals surface area (Å²) in [4.78, 5) is 0. The van der Waals surface area contributed by atoms with Crippen LogP contribution in [0.15, 0.2) is 108 Å². The van der Waals surface area contributed by atoms with Gasteiger partial charge in [0.1, 0.15) is 0 Å². The molecule has 0 aliphatic heterocycles. The molecule has 2 aromatic rings. The summed E-state index contributed by atoms with van der Waals surface area (Å²) in [6, 6.07) is 19.9. The molecule has 0 bridgehead atoms. The van der Waals surface area contributed by atoms with E-state index in [9.17, 15) is 0 Å². The first kappa shape index (κ1) is 20.1. The largest absolute Gasteiger partial charge is 0.0990 e. The highest BCUT2D eigenvalue weighted by molar-refractivity contribution is 5.79. The summed E-state index contributed by atoms with van der Waals surface area (Å²) in [7, 11) is 0.